The van der Waals surface area contributed by atoms with Crippen molar-refractivity contribution in [1.82, 2.24) is 9.80 Å². The Kier molecular flexibility index (Phi) is 4.59. The number of amides is 1. The van der Waals surface area contributed by atoms with Gasteiger partial charge in [-0.25, -0.2) is 0 Å². The second kappa shape index (κ2) is 6.20. The van der Waals surface area contributed by atoms with Crippen molar-refractivity contribution >= 4 is 5.91 Å². The van der Waals surface area contributed by atoms with Gasteiger partial charge in [-0.05, 0) is 51.9 Å². The van der Waals surface area contributed by atoms with E-state index in [4.69, 9.17) is 0 Å². The Bertz CT molecular complexity index is 425. The van der Waals surface area contributed by atoms with Crippen molar-refractivity contribution in [2.24, 2.45) is 5.92 Å². The van der Waals surface area contributed by atoms with Crippen molar-refractivity contribution in [3.05, 3.63) is 35.4 Å². The summed E-state index contributed by atoms with van der Waals surface area (Å²) >= 11 is 0. The molecular formula is C16H24N2O. The molecular weight excluding hydrogens is 236 g/mol. The van der Waals surface area contributed by atoms with Crippen LogP contribution in [-0.2, 0) is 0 Å². The average Bonchev–Trinajstić information content (AvgIpc) is 2.38. The van der Waals surface area contributed by atoms with Gasteiger partial charge in [0.05, 0.1) is 0 Å². The van der Waals surface area contributed by atoms with Gasteiger partial charge in [0.15, 0.2) is 0 Å². The van der Waals surface area contributed by atoms with Crippen LogP contribution < -0.4 is 0 Å². The molecule has 1 aromatic carbocycles. The summed E-state index contributed by atoms with van der Waals surface area (Å²) < 4.78 is 0. The molecule has 2 rings (SSSR count). The summed E-state index contributed by atoms with van der Waals surface area (Å²) in [6, 6.07) is 7.89. The van der Waals surface area contributed by atoms with Gasteiger partial charge in [-0.2, -0.15) is 0 Å². The number of hydrogen-bond donors (Lipinski definition) is 0. The molecule has 1 aromatic rings. The number of carbonyl (C=O) groups excluding carboxylic acids is 1. The molecule has 1 aliphatic heterocycles. The van der Waals surface area contributed by atoms with Crippen molar-refractivity contribution < 1.29 is 4.79 Å². The summed E-state index contributed by atoms with van der Waals surface area (Å²) in [5.41, 5.74) is 2.01. The zero-order chi connectivity index (χ0) is 13.8. The van der Waals surface area contributed by atoms with Crippen LogP contribution in [0.1, 0.15) is 28.8 Å². The SMILES string of the molecule is Cc1ccc(C(=O)N2CCCC(CN(C)C)C2)cc1. The van der Waals surface area contributed by atoms with Crippen LogP contribution in [0.15, 0.2) is 24.3 Å². The molecule has 0 radical (unpaired) electrons. The topological polar surface area (TPSA) is 23.6 Å². The van der Waals surface area contributed by atoms with Crippen molar-refractivity contribution in [2.75, 3.05) is 33.7 Å². The first-order valence-corrected chi connectivity index (χ1v) is 7.07. The largest absolute Gasteiger partial charge is 0.338 e. The highest BCUT2D eigenvalue weighted by atomic mass is 16.2. The molecule has 104 valence electrons. The second-order valence-electron chi connectivity index (χ2n) is 5.89. The van der Waals surface area contributed by atoms with Crippen LogP contribution in [0.5, 0.6) is 0 Å². The zero-order valence-corrected chi connectivity index (χ0v) is 12.2. The van der Waals surface area contributed by atoms with Crippen LogP contribution in [0.2, 0.25) is 0 Å². The summed E-state index contributed by atoms with van der Waals surface area (Å²) in [7, 11) is 4.20. The van der Waals surface area contributed by atoms with Crippen molar-refractivity contribution in [1.29, 1.82) is 0 Å². The Morgan fingerprint density at radius 1 is 1.32 bits per heavy atom. The molecule has 3 heteroatoms. The van der Waals surface area contributed by atoms with E-state index >= 15 is 0 Å². The molecule has 3 nitrogen and oxygen atoms in total. The maximum absolute atomic E-state index is 12.5. The minimum absolute atomic E-state index is 0.184. The molecule has 1 unspecified atom stereocenters. The minimum atomic E-state index is 0.184. The van der Waals surface area contributed by atoms with Gasteiger partial charge in [0.25, 0.3) is 5.91 Å². The lowest BCUT2D eigenvalue weighted by molar-refractivity contribution is 0.0655. The van der Waals surface area contributed by atoms with Crippen LogP contribution in [-0.4, -0.2) is 49.4 Å². The lowest BCUT2D eigenvalue weighted by Gasteiger charge is -2.34. The van der Waals surface area contributed by atoms with E-state index in [2.05, 4.69) is 19.0 Å². The van der Waals surface area contributed by atoms with E-state index in [0.29, 0.717) is 5.92 Å². The highest BCUT2D eigenvalue weighted by molar-refractivity contribution is 5.94. The Morgan fingerprint density at radius 2 is 2.00 bits per heavy atom. The lowest BCUT2D eigenvalue weighted by atomic mass is 9.97. The fourth-order valence-corrected chi connectivity index (χ4v) is 2.79. The smallest absolute Gasteiger partial charge is 0.253 e. The highest BCUT2D eigenvalue weighted by Gasteiger charge is 2.24. The van der Waals surface area contributed by atoms with E-state index in [9.17, 15) is 4.79 Å². The van der Waals surface area contributed by atoms with Crippen LogP contribution in [0.4, 0.5) is 0 Å². The van der Waals surface area contributed by atoms with Crippen LogP contribution >= 0.6 is 0 Å². The standard InChI is InChI=1S/C16H24N2O/c1-13-6-8-15(9-7-13)16(19)18-10-4-5-14(12-18)11-17(2)3/h6-9,14H,4-5,10-12H2,1-3H3. The number of benzene rings is 1. The number of carbonyl (C=O) groups is 1. The van der Waals surface area contributed by atoms with Crippen LogP contribution in [0.25, 0.3) is 0 Å². The minimum Gasteiger partial charge on any atom is -0.338 e. The molecule has 1 heterocycles. The number of piperidine rings is 1. The van der Waals surface area contributed by atoms with Gasteiger partial charge in [0, 0.05) is 25.2 Å². The van der Waals surface area contributed by atoms with Gasteiger partial charge >= 0.3 is 0 Å². The van der Waals surface area contributed by atoms with Gasteiger partial charge in [-0.15, -0.1) is 0 Å². The fraction of sp³-hybridized carbons (Fsp3) is 0.562. The maximum atomic E-state index is 12.5. The molecule has 0 saturated carbocycles. The van der Waals surface area contributed by atoms with E-state index in [1.54, 1.807) is 0 Å². The van der Waals surface area contributed by atoms with Crippen molar-refractivity contribution in [3.63, 3.8) is 0 Å². The van der Waals surface area contributed by atoms with E-state index in [0.717, 1.165) is 31.6 Å². The molecule has 0 bridgehead atoms. The zero-order valence-electron chi connectivity index (χ0n) is 12.2. The van der Waals surface area contributed by atoms with E-state index < -0.39 is 0 Å². The summed E-state index contributed by atoms with van der Waals surface area (Å²) in [6.45, 7) is 4.90. The summed E-state index contributed by atoms with van der Waals surface area (Å²) in [6.07, 6.45) is 2.35. The Morgan fingerprint density at radius 3 is 2.63 bits per heavy atom. The molecule has 1 amide bonds. The van der Waals surface area contributed by atoms with Gasteiger partial charge in [0.2, 0.25) is 0 Å². The second-order valence-corrected chi connectivity index (χ2v) is 5.89. The van der Waals surface area contributed by atoms with Gasteiger partial charge < -0.3 is 9.80 Å². The third-order valence-corrected chi connectivity index (χ3v) is 3.73. The molecule has 1 aliphatic rings. The lowest BCUT2D eigenvalue weighted by Crippen LogP contribution is -2.42. The third-order valence-electron chi connectivity index (χ3n) is 3.73. The summed E-state index contributed by atoms with van der Waals surface area (Å²) in [5, 5.41) is 0. The van der Waals surface area contributed by atoms with E-state index in [1.165, 1.54) is 12.0 Å². The predicted octanol–water partition coefficient (Wildman–Crippen LogP) is 2.41. The normalized spacial score (nSPS) is 19.8. The van der Waals surface area contributed by atoms with Crippen LogP contribution in [0, 0.1) is 12.8 Å². The first-order chi connectivity index (χ1) is 9.06. The monoisotopic (exact) mass is 260 g/mol. The molecule has 0 N–H and O–H groups in total. The highest BCUT2D eigenvalue weighted by Crippen LogP contribution is 2.19. The summed E-state index contributed by atoms with van der Waals surface area (Å²) in [5.74, 6) is 0.793. The molecule has 19 heavy (non-hydrogen) atoms. The number of hydrogen-bond acceptors (Lipinski definition) is 2. The third kappa shape index (κ3) is 3.80. The number of likely N-dealkylation sites (tertiary alicyclic amines) is 1. The molecule has 0 aliphatic carbocycles. The average molecular weight is 260 g/mol. The Labute approximate surface area is 116 Å². The Hall–Kier alpha value is -1.35. The Balaban J connectivity index is 2.00. The number of aryl methyl sites for hydroxylation is 1. The maximum Gasteiger partial charge on any atom is 0.253 e. The van der Waals surface area contributed by atoms with Gasteiger partial charge in [-0.1, -0.05) is 17.7 Å². The number of rotatable bonds is 3. The summed E-state index contributed by atoms with van der Waals surface area (Å²) in [4.78, 5) is 16.7. The molecule has 1 fully saturated rings. The van der Waals surface area contributed by atoms with Crippen molar-refractivity contribution in [3.8, 4) is 0 Å². The fourth-order valence-electron chi connectivity index (χ4n) is 2.79. The molecule has 1 saturated heterocycles. The van der Waals surface area contributed by atoms with E-state index in [-0.39, 0.29) is 5.91 Å². The van der Waals surface area contributed by atoms with Gasteiger partial charge in [-0.3, -0.25) is 4.79 Å². The van der Waals surface area contributed by atoms with Gasteiger partial charge in [0.1, 0.15) is 0 Å². The first-order valence-electron chi connectivity index (χ1n) is 7.07. The van der Waals surface area contributed by atoms with E-state index in [1.807, 2.05) is 36.1 Å². The first kappa shape index (κ1) is 14.1. The predicted molar refractivity (Wildman–Crippen MR) is 78.4 cm³/mol. The molecule has 0 spiro atoms. The number of nitrogens with zero attached hydrogens (tertiary/aromatic N) is 2. The van der Waals surface area contributed by atoms with Crippen LogP contribution in [0.3, 0.4) is 0 Å². The molecule has 1 atom stereocenters. The van der Waals surface area contributed by atoms with Crippen molar-refractivity contribution in [2.45, 2.75) is 19.8 Å². The quantitative estimate of drug-likeness (QED) is 0.833. The molecule has 0 aromatic heterocycles.